The highest BCUT2D eigenvalue weighted by Gasteiger charge is 2.26. The van der Waals surface area contributed by atoms with Crippen molar-refractivity contribution in [2.24, 2.45) is 5.73 Å². The summed E-state index contributed by atoms with van der Waals surface area (Å²) >= 11 is 0. The zero-order chi connectivity index (χ0) is 22.0. The molecular weight excluding hydrogens is 388 g/mol. The minimum atomic E-state index is -0.903. The number of fused-ring (bicyclic) bond motifs is 5. The molecule has 1 amide bonds. The largest absolute Gasteiger partial charge is 0.348 e. The highest BCUT2D eigenvalue weighted by atomic mass is 16.1. The SMILES string of the molecule is CCC(N)c1ccc(-c2ccc3cc2C(=O)CC(NC=O)C(=O)c2cccc-3c2)cc1. The van der Waals surface area contributed by atoms with E-state index in [1.54, 1.807) is 12.1 Å². The number of rotatable bonds is 5. The van der Waals surface area contributed by atoms with Crippen molar-refractivity contribution >= 4 is 18.0 Å². The zero-order valence-electron chi connectivity index (χ0n) is 17.3. The number of hydrogen-bond acceptors (Lipinski definition) is 4. The van der Waals surface area contributed by atoms with Gasteiger partial charge in [0.05, 0.1) is 6.04 Å². The molecule has 0 saturated heterocycles. The fraction of sp³-hybridized carbons (Fsp3) is 0.192. The fourth-order valence-electron chi connectivity index (χ4n) is 4.01. The van der Waals surface area contributed by atoms with Crippen LogP contribution in [0, 0.1) is 0 Å². The predicted molar refractivity (Wildman–Crippen MR) is 121 cm³/mol. The lowest BCUT2D eigenvalue weighted by Gasteiger charge is -2.19. The molecule has 156 valence electrons. The van der Waals surface area contributed by atoms with Crippen LogP contribution in [0.4, 0.5) is 0 Å². The zero-order valence-corrected chi connectivity index (χ0v) is 17.3. The Morgan fingerprint density at radius 2 is 1.61 bits per heavy atom. The number of hydrogen-bond donors (Lipinski definition) is 2. The fourth-order valence-corrected chi connectivity index (χ4v) is 4.01. The number of benzene rings is 3. The van der Waals surface area contributed by atoms with Crippen LogP contribution < -0.4 is 11.1 Å². The molecule has 0 heterocycles. The lowest BCUT2D eigenvalue weighted by Crippen LogP contribution is -2.38. The smallest absolute Gasteiger partial charge is 0.207 e. The molecule has 4 rings (SSSR count). The van der Waals surface area contributed by atoms with Gasteiger partial charge >= 0.3 is 0 Å². The second-order valence-electron chi connectivity index (χ2n) is 7.81. The summed E-state index contributed by atoms with van der Waals surface area (Å²) in [6.07, 6.45) is 1.21. The van der Waals surface area contributed by atoms with E-state index >= 15 is 0 Å². The highest BCUT2D eigenvalue weighted by Crippen LogP contribution is 2.32. The van der Waals surface area contributed by atoms with Crippen molar-refractivity contribution in [2.45, 2.75) is 31.8 Å². The van der Waals surface area contributed by atoms with Crippen molar-refractivity contribution in [2.75, 3.05) is 0 Å². The lowest BCUT2D eigenvalue weighted by molar-refractivity contribution is -0.109. The van der Waals surface area contributed by atoms with Crippen LogP contribution in [-0.4, -0.2) is 24.0 Å². The van der Waals surface area contributed by atoms with E-state index in [1.165, 1.54) is 0 Å². The molecular formula is C26H24N2O3. The van der Waals surface area contributed by atoms with Crippen molar-refractivity contribution in [1.82, 2.24) is 5.32 Å². The van der Waals surface area contributed by atoms with E-state index in [0.29, 0.717) is 17.5 Å². The normalized spacial score (nSPS) is 16.5. The van der Waals surface area contributed by atoms with Crippen LogP contribution in [0.25, 0.3) is 22.3 Å². The van der Waals surface area contributed by atoms with Crippen molar-refractivity contribution in [3.63, 3.8) is 0 Å². The predicted octanol–water partition coefficient (Wildman–Crippen LogP) is 4.31. The maximum Gasteiger partial charge on any atom is 0.207 e. The first-order valence-corrected chi connectivity index (χ1v) is 10.4. The number of Topliss-reactive ketones (excluding diaryl/α,β-unsaturated/α-hetero) is 2. The summed E-state index contributed by atoms with van der Waals surface area (Å²) in [7, 11) is 0. The van der Waals surface area contributed by atoms with Crippen molar-refractivity contribution in [1.29, 1.82) is 0 Å². The molecule has 2 unspecified atom stereocenters. The molecule has 0 saturated carbocycles. The maximum atomic E-state index is 13.3. The van der Waals surface area contributed by atoms with Crippen LogP contribution in [0.2, 0.25) is 0 Å². The van der Waals surface area contributed by atoms with Gasteiger partial charge in [0.25, 0.3) is 0 Å². The Hall–Kier alpha value is -3.57. The van der Waals surface area contributed by atoms with Crippen molar-refractivity contribution < 1.29 is 14.4 Å². The van der Waals surface area contributed by atoms with Crippen LogP contribution in [0.5, 0.6) is 0 Å². The molecule has 5 heteroatoms. The third-order valence-corrected chi connectivity index (χ3v) is 5.87. The Morgan fingerprint density at radius 1 is 0.935 bits per heavy atom. The standard InChI is InChI=1S/C26H24N2O3/c1-2-23(27)17-8-6-16(7-9-17)21-11-10-19-13-22(21)25(30)14-24(28-15-29)26(31)20-5-3-4-18(19)12-20/h3-13,15,23-24H,2,14,27H2,1H3,(H,28,29). The topological polar surface area (TPSA) is 89.3 Å². The Morgan fingerprint density at radius 3 is 2.32 bits per heavy atom. The molecule has 2 atom stereocenters. The van der Waals surface area contributed by atoms with Crippen LogP contribution in [0.3, 0.4) is 0 Å². The summed E-state index contributed by atoms with van der Waals surface area (Å²) in [6.45, 7) is 2.04. The molecule has 0 radical (unpaired) electrons. The molecule has 3 N–H and O–H groups in total. The summed E-state index contributed by atoms with van der Waals surface area (Å²) in [4.78, 5) is 37.3. The quantitative estimate of drug-likeness (QED) is 0.611. The van der Waals surface area contributed by atoms with Gasteiger partial charge in [-0.15, -0.1) is 0 Å². The molecule has 1 aliphatic carbocycles. The first kappa shape index (κ1) is 20.7. The summed E-state index contributed by atoms with van der Waals surface area (Å²) in [6, 6.07) is 20.0. The van der Waals surface area contributed by atoms with E-state index < -0.39 is 6.04 Å². The van der Waals surface area contributed by atoms with Gasteiger partial charge in [-0.1, -0.05) is 61.5 Å². The van der Waals surface area contributed by atoms with Gasteiger partial charge in [0, 0.05) is 23.6 Å². The van der Waals surface area contributed by atoms with Gasteiger partial charge < -0.3 is 11.1 Å². The van der Waals surface area contributed by atoms with Crippen LogP contribution in [-0.2, 0) is 4.79 Å². The summed E-state index contributed by atoms with van der Waals surface area (Å²) in [5.41, 5.74) is 11.6. The summed E-state index contributed by atoms with van der Waals surface area (Å²) < 4.78 is 0. The van der Waals surface area contributed by atoms with Gasteiger partial charge in [-0.3, -0.25) is 14.4 Å². The molecule has 3 aromatic rings. The Kier molecular flexibility index (Phi) is 5.78. The van der Waals surface area contributed by atoms with Crippen LogP contribution in [0.1, 0.15) is 52.1 Å². The van der Waals surface area contributed by atoms with Gasteiger partial charge in [0.1, 0.15) is 0 Å². The second-order valence-corrected chi connectivity index (χ2v) is 7.81. The van der Waals surface area contributed by atoms with Crippen LogP contribution in [0.15, 0.2) is 66.7 Å². The monoisotopic (exact) mass is 412 g/mol. The third-order valence-electron chi connectivity index (χ3n) is 5.87. The van der Waals surface area contributed by atoms with E-state index in [2.05, 4.69) is 5.32 Å². The molecule has 3 aromatic carbocycles. The van der Waals surface area contributed by atoms with E-state index in [9.17, 15) is 14.4 Å². The number of carbonyl (C=O) groups is 3. The minimum absolute atomic E-state index is 0.0242. The molecule has 0 aromatic heterocycles. The average Bonchev–Trinajstić information content (AvgIpc) is 2.82. The minimum Gasteiger partial charge on any atom is -0.348 e. The first-order valence-electron chi connectivity index (χ1n) is 10.4. The van der Waals surface area contributed by atoms with E-state index in [1.807, 2.05) is 61.5 Å². The molecule has 1 aliphatic rings. The Bertz CT molecular complexity index is 1150. The van der Waals surface area contributed by atoms with Crippen LogP contribution >= 0.6 is 0 Å². The van der Waals surface area contributed by atoms with E-state index in [-0.39, 0.29) is 24.0 Å². The van der Waals surface area contributed by atoms with Crippen molar-refractivity contribution in [3.05, 3.63) is 83.4 Å². The van der Waals surface area contributed by atoms with E-state index in [4.69, 9.17) is 5.73 Å². The summed E-state index contributed by atoms with van der Waals surface area (Å²) in [5, 5.41) is 2.52. The Labute approximate surface area is 181 Å². The highest BCUT2D eigenvalue weighted by molar-refractivity contribution is 6.09. The van der Waals surface area contributed by atoms with E-state index in [0.717, 1.165) is 34.2 Å². The van der Waals surface area contributed by atoms with Crippen molar-refractivity contribution in [3.8, 4) is 22.3 Å². The Balaban J connectivity index is 1.84. The van der Waals surface area contributed by atoms with Gasteiger partial charge in [-0.05, 0) is 46.4 Å². The van der Waals surface area contributed by atoms with Gasteiger partial charge in [-0.2, -0.15) is 0 Å². The third kappa shape index (κ3) is 4.05. The number of nitrogens with one attached hydrogen (secondary N) is 1. The molecule has 31 heavy (non-hydrogen) atoms. The second kappa shape index (κ2) is 8.66. The number of ketones is 2. The maximum absolute atomic E-state index is 13.3. The first-order chi connectivity index (χ1) is 15.0. The van der Waals surface area contributed by atoms with Gasteiger partial charge in [-0.25, -0.2) is 0 Å². The van der Waals surface area contributed by atoms with Gasteiger partial charge in [0.15, 0.2) is 11.6 Å². The molecule has 0 spiro atoms. The van der Waals surface area contributed by atoms with Gasteiger partial charge in [0.2, 0.25) is 6.41 Å². The number of nitrogens with two attached hydrogens (primary N) is 1. The molecule has 5 nitrogen and oxygen atoms in total. The number of carbonyl (C=O) groups excluding carboxylic acids is 3. The lowest BCUT2D eigenvalue weighted by atomic mass is 9.87. The summed E-state index contributed by atoms with van der Waals surface area (Å²) in [5.74, 6) is -0.462. The average molecular weight is 412 g/mol. The number of amides is 1. The molecule has 0 fully saturated rings. The molecule has 4 bridgehead atoms. The molecule has 0 aliphatic heterocycles.